The summed E-state index contributed by atoms with van der Waals surface area (Å²) in [6, 6.07) is 0. The molecule has 1 amide bonds. The second kappa shape index (κ2) is 3.22. The largest absolute Gasteiger partial charge is 0.480 e. The van der Waals surface area contributed by atoms with Crippen LogP contribution >= 0.6 is 8.81 Å². The van der Waals surface area contributed by atoms with Gasteiger partial charge in [-0.2, -0.15) is 0 Å². The summed E-state index contributed by atoms with van der Waals surface area (Å²) in [5.74, 6) is 2.09. The smallest absolute Gasteiger partial charge is 0.409 e. The number of nitrogens with two attached hydrogens (primary N) is 1. The van der Waals surface area contributed by atoms with Crippen molar-refractivity contribution in [1.29, 1.82) is 0 Å². The Morgan fingerprint density at radius 1 is 1.80 bits per heavy atom. The van der Waals surface area contributed by atoms with E-state index >= 15 is 0 Å². The molecular weight excluding hydrogens is 153 g/mol. The summed E-state index contributed by atoms with van der Waals surface area (Å²) in [5.41, 5.74) is 4.75. The first kappa shape index (κ1) is 7.09. The highest BCUT2D eigenvalue weighted by atomic mass is 31.1. The molecule has 4 nitrogen and oxygen atoms in total. The highest BCUT2D eigenvalue weighted by molar-refractivity contribution is 7.36. The first-order valence-corrected chi connectivity index (χ1v) is 3.53. The molecule has 1 aliphatic heterocycles. The van der Waals surface area contributed by atoms with E-state index in [9.17, 15) is 4.79 Å². The topological polar surface area (TPSA) is 61.6 Å². The summed E-state index contributed by atoms with van der Waals surface area (Å²) in [7, 11) is 0.200. The van der Waals surface area contributed by atoms with Gasteiger partial charge >= 0.3 is 6.09 Å². The van der Waals surface area contributed by atoms with E-state index < -0.39 is 6.09 Å². The Labute approximate surface area is 59.5 Å². The summed E-state index contributed by atoms with van der Waals surface area (Å²) >= 11 is 0. The van der Waals surface area contributed by atoms with Crippen LogP contribution in [0.5, 0.6) is 0 Å². The number of allylic oxidation sites excluding steroid dienone is 1. The van der Waals surface area contributed by atoms with Gasteiger partial charge in [-0.15, -0.1) is 0 Å². The monoisotopic (exact) mass is 159 g/mol. The standard InChI is InChI=1S/C5H6NO3P/c6-5(7)9-4-1-2-8-10-3-4/h1-3,10H,(H2,6,7). The van der Waals surface area contributed by atoms with Crippen LogP contribution < -0.4 is 5.73 Å². The molecule has 5 heteroatoms. The highest BCUT2D eigenvalue weighted by Crippen LogP contribution is 2.22. The van der Waals surface area contributed by atoms with Crippen LogP contribution in [0.2, 0.25) is 0 Å². The van der Waals surface area contributed by atoms with Crippen molar-refractivity contribution < 1.29 is 14.1 Å². The van der Waals surface area contributed by atoms with E-state index in [1.54, 1.807) is 5.82 Å². The van der Waals surface area contributed by atoms with E-state index in [1.165, 1.54) is 12.3 Å². The van der Waals surface area contributed by atoms with E-state index in [0.29, 0.717) is 5.76 Å². The summed E-state index contributed by atoms with van der Waals surface area (Å²) in [6.45, 7) is 0. The van der Waals surface area contributed by atoms with Gasteiger partial charge in [-0.05, 0) is 0 Å². The van der Waals surface area contributed by atoms with Crippen molar-refractivity contribution in [3.8, 4) is 0 Å². The van der Waals surface area contributed by atoms with Gasteiger partial charge in [-0.3, -0.25) is 0 Å². The van der Waals surface area contributed by atoms with E-state index in [1.807, 2.05) is 0 Å². The van der Waals surface area contributed by atoms with E-state index in [0.717, 1.165) is 0 Å². The van der Waals surface area contributed by atoms with Crippen LogP contribution in [0.3, 0.4) is 0 Å². The Kier molecular flexibility index (Phi) is 2.29. The molecule has 0 aliphatic carbocycles. The molecule has 2 N–H and O–H groups in total. The Morgan fingerprint density at radius 3 is 3.10 bits per heavy atom. The van der Waals surface area contributed by atoms with E-state index in [4.69, 9.17) is 10.3 Å². The molecule has 0 saturated heterocycles. The molecule has 1 rings (SSSR count). The predicted octanol–water partition coefficient (Wildman–Crippen LogP) is 1.06. The van der Waals surface area contributed by atoms with Crippen LogP contribution in [0.1, 0.15) is 0 Å². The number of carbonyl (C=O) groups excluding carboxylic acids is 1. The Morgan fingerprint density at radius 2 is 2.60 bits per heavy atom. The van der Waals surface area contributed by atoms with Crippen molar-refractivity contribution in [1.82, 2.24) is 0 Å². The van der Waals surface area contributed by atoms with Gasteiger partial charge in [0.15, 0.2) is 0 Å². The predicted molar refractivity (Wildman–Crippen MR) is 37.3 cm³/mol. The number of rotatable bonds is 1. The second-order valence-electron chi connectivity index (χ2n) is 1.51. The van der Waals surface area contributed by atoms with Gasteiger partial charge in [-0.25, -0.2) is 4.79 Å². The summed E-state index contributed by atoms with van der Waals surface area (Å²) < 4.78 is 9.35. The fourth-order valence-corrected chi connectivity index (χ4v) is 0.946. The fraction of sp³-hybridized carbons (Fsp3) is 0. The molecule has 0 bridgehead atoms. The van der Waals surface area contributed by atoms with Gasteiger partial charge in [-0.1, -0.05) is 0 Å². The molecule has 1 aliphatic rings. The van der Waals surface area contributed by atoms with Crippen LogP contribution in [0, 0.1) is 0 Å². The van der Waals surface area contributed by atoms with Crippen LogP contribution in [0.25, 0.3) is 0 Å². The lowest BCUT2D eigenvalue weighted by molar-refractivity contribution is 0.190. The van der Waals surface area contributed by atoms with Crippen LogP contribution in [0.4, 0.5) is 4.79 Å². The normalized spacial score (nSPS) is 17.8. The van der Waals surface area contributed by atoms with Crippen molar-refractivity contribution >= 4 is 14.9 Å². The molecule has 0 fully saturated rings. The molecule has 0 aromatic carbocycles. The van der Waals surface area contributed by atoms with Crippen LogP contribution in [0.15, 0.2) is 23.9 Å². The molecule has 1 heterocycles. The number of hydrogen-bond acceptors (Lipinski definition) is 3. The van der Waals surface area contributed by atoms with Crippen molar-refractivity contribution in [2.24, 2.45) is 5.73 Å². The van der Waals surface area contributed by atoms with Gasteiger partial charge in [0.25, 0.3) is 0 Å². The Hall–Kier alpha value is -1.02. The minimum absolute atomic E-state index is 0.200. The molecular formula is C5H6NO3P. The Balaban J connectivity index is 2.48. The van der Waals surface area contributed by atoms with Gasteiger partial charge in [0.1, 0.15) is 14.6 Å². The molecule has 0 aromatic heterocycles. The third-order valence-corrected chi connectivity index (χ3v) is 1.46. The van der Waals surface area contributed by atoms with Crippen molar-refractivity contribution in [2.75, 3.05) is 0 Å². The number of amides is 1. The maximum atomic E-state index is 10.2. The maximum absolute atomic E-state index is 10.2. The zero-order chi connectivity index (χ0) is 7.40. The number of hydrogen-bond donors (Lipinski definition) is 1. The van der Waals surface area contributed by atoms with Crippen molar-refractivity contribution in [2.45, 2.75) is 0 Å². The third-order valence-electron chi connectivity index (χ3n) is 0.788. The van der Waals surface area contributed by atoms with Gasteiger partial charge in [0, 0.05) is 11.9 Å². The lowest BCUT2D eigenvalue weighted by Gasteiger charge is -2.05. The molecule has 54 valence electrons. The quantitative estimate of drug-likeness (QED) is 0.582. The number of carbonyl (C=O) groups is 1. The van der Waals surface area contributed by atoms with E-state index in [-0.39, 0.29) is 8.81 Å². The molecule has 0 aromatic rings. The van der Waals surface area contributed by atoms with E-state index in [2.05, 4.69) is 4.74 Å². The average molecular weight is 159 g/mol. The first-order valence-electron chi connectivity index (χ1n) is 2.54. The first-order chi connectivity index (χ1) is 4.79. The number of ether oxygens (including phenoxy) is 1. The van der Waals surface area contributed by atoms with Gasteiger partial charge in [0.05, 0.1) is 6.26 Å². The molecule has 10 heavy (non-hydrogen) atoms. The fourth-order valence-electron chi connectivity index (χ4n) is 0.460. The summed E-state index contributed by atoms with van der Waals surface area (Å²) in [6.07, 6.45) is 2.18. The highest BCUT2D eigenvalue weighted by Gasteiger charge is 2.01. The SMILES string of the molecule is NC(=O)OC1=CPOC=C1. The summed E-state index contributed by atoms with van der Waals surface area (Å²) in [5, 5.41) is 0. The Bertz CT molecular complexity index is 199. The van der Waals surface area contributed by atoms with Crippen LogP contribution in [-0.4, -0.2) is 6.09 Å². The third kappa shape index (κ3) is 2.07. The molecule has 1 unspecified atom stereocenters. The zero-order valence-electron chi connectivity index (χ0n) is 5.03. The lowest BCUT2D eigenvalue weighted by Crippen LogP contribution is -2.11. The van der Waals surface area contributed by atoms with Gasteiger partial charge in [0.2, 0.25) is 0 Å². The second-order valence-corrected chi connectivity index (χ2v) is 2.27. The van der Waals surface area contributed by atoms with Crippen molar-refractivity contribution in [3.05, 3.63) is 23.9 Å². The van der Waals surface area contributed by atoms with Crippen molar-refractivity contribution in [3.63, 3.8) is 0 Å². The zero-order valence-corrected chi connectivity index (χ0v) is 6.03. The number of primary amides is 1. The minimum atomic E-state index is -0.803. The molecule has 0 saturated carbocycles. The summed E-state index contributed by atoms with van der Waals surface area (Å²) in [4.78, 5) is 10.2. The van der Waals surface area contributed by atoms with Gasteiger partial charge < -0.3 is 15.0 Å². The van der Waals surface area contributed by atoms with Crippen LogP contribution in [-0.2, 0) is 9.26 Å². The lowest BCUT2D eigenvalue weighted by atomic mass is 10.5. The maximum Gasteiger partial charge on any atom is 0.409 e. The molecule has 0 spiro atoms. The molecule has 0 radical (unpaired) electrons. The minimum Gasteiger partial charge on any atom is -0.480 e. The average Bonchev–Trinajstić information content (AvgIpc) is 1.88. The molecule has 1 atom stereocenters.